The van der Waals surface area contributed by atoms with Crippen LogP contribution in [0.1, 0.15) is 31.4 Å². The Balaban J connectivity index is 2.43. The van der Waals surface area contributed by atoms with Gasteiger partial charge in [0, 0.05) is 23.9 Å². The number of carbonyl (C=O) groups is 1. The molecule has 1 aromatic heterocycles. The van der Waals surface area contributed by atoms with Gasteiger partial charge in [-0.1, -0.05) is 5.57 Å². The summed E-state index contributed by atoms with van der Waals surface area (Å²) < 4.78 is 15.8. The molecule has 0 N–H and O–H groups in total. The average Bonchev–Trinajstić information content (AvgIpc) is 2.52. The molecular formula is C19H22O5. The lowest BCUT2D eigenvalue weighted by Gasteiger charge is -2.12. The van der Waals surface area contributed by atoms with Crippen molar-refractivity contribution in [1.29, 1.82) is 0 Å². The van der Waals surface area contributed by atoms with Gasteiger partial charge in [-0.3, -0.25) is 4.79 Å². The van der Waals surface area contributed by atoms with Crippen LogP contribution in [0.25, 0.3) is 11.0 Å². The Morgan fingerprint density at radius 3 is 2.67 bits per heavy atom. The molecule has 0 saturated carbocycles. The van der Waals surface area contributed by atoms with E-state index in [1.54, 1.807) is 6.07 Å². The maximum atomic E-state index is 11.6. The van der Waals surface area contributed by atoms with Crippen LogP contribution in [-0.4, -0.2) is 19.7 Å². The highest BCUT2D eigenvalue weighted by Crippen LogP contribution is 2.28. The van der Waals surface area contributed by atoms with Crippen molar-refractivity contribution < 1.29 is 18.7 Å². The van der Waals surface area contributed by atoms with Gasteiger partial charge in [0.1, 0.15) is 17.9 Å². The van der Waals surface area contributed by atoms with Crippen molar-refractivity contribution in [2.45, 2.75) is 33.6 Å². The molecule has 1 aromatic carbocycles. The third-order valence-electron chi connectivity index (χ3n) is 3.69. The second-order valence-corrected chi connectivity index (χ2v) is 5.87. The average molecular weight is 330 g/mol. The molecule has 0 aliphatic carbocycles. The molecule has 0 atom stereocenters. The first kappa shape index (κ1) is 17.8. The minimum atomic E-state index is -0.391. The number of ether oxygens (including phenoxy) is 2. The molecule has 0 unspecified atom stereocenters. The van der Waals surface area contributed by atoms with Crippen molar-refractivity contribution in [3.05, 3.63) is 51.4 Å². The predicted octanol–water partition coefficient (Wildman–Crippen LogP) is 3.55. The Bertz CT molecular complexity index is 826. The normalized spacial score (nSPS) is 10.5. The van der Waals surface area contributed by atoms with E-state index in [-0.39, 0.29) is 12.4 Å². The van der Waals surface area contributed by atoms with Crippen molar-refractivity contribution in [3.63, 3.8) is 0 Å². The maximum absolute atomic E-state index is 11.6. The molecule has 5 nitrogen and oxygen atoms in total. The number of hydrogen-bond acceptors (Lipinski definition) is 5. The number of carbonyl (C=O) groups excluding carboxylic acids is 1. The summed E-state index contributed by atoms with van der Waals surface area (Å²) >= 11 is 0. The number of fused-ring (bicyclic) bond motifs is 1. The summed E-state index contributed by atoms with van der Waals surface area (Å²) in [5.74, 6) is 0.333. The van der Waals surface area contributed by atoms with Crippen LogP contribution >= 0.6 is 0 Å². The molecule has 2 aromatic rings. The minimum absolute atomic E-state index is 0.261. The van der Waals surface area contributed by atoms with Crippen LogP contribution in [0.4, 0.5) is 0 Å². The standard InChI is InChI=1S/C19H22O5/c1-12(2)7-8-23-16-11-17-15(13(3)9-19(21)24-17)10-14(16)5-6-18(20)22-4/h7,9-11H,5-6,8H2,1-4H3. The number of esters is 1. The Hall–Kier alpha value is -2.56. The highest BCUT2D eigenvalue weighted by Gasteiger charge is 2.12. The van der Waals surface area contributed by atoms with Gasteiger partial charge in [-0.25, -0.2) is 4.79 Å². The number of hydrogen-bond donors (Lipinski definition) is 0. The molecule has 0 radical (unpaired) electrons. The summed E-state index contributed by atoms with van der Waals surface area (Å²) in [6.07, 6.45) is 2.71. The largest absolute Gasteiger partial charge is 0.489 e. The van der Waals surface area contributed by atoms with Crippen LogP contribution in [0.3, 0.4) is 0 Å². The molecule has 0 fully saturated rings. The van der Waals surface area contributed by atoms with E-state index in [0.717, 1.165) is 22.1 Å². The highest BCUT2D eigenvalue weighted by atomic mass is 16.5. The summed E-state index contributed by atoms with van der Waals surface area (Å²) in [5.41, 5.74) is 2.95. The first-order chi connectivity index (χ1) is 11.4. The lowest BCUT2D eigenvalue weighted by atomic mass is 10.0. The van der Waals surface area contributed by atoms with Crippen molar-refractivity contribution >= 4 is 16.9 Å². The van der Waals surface area contributed by atoms with Gasteiger partial charge in [0.15, 0.2) is 0 Å². The van der Waals surface area contributed by atoms with Crippen LogP contribution in [0, 0.1) is 6.92 Å². The monoisotopic (exact) mass is 330 g/mol. The number of allylic oxidation sites excluding steroid dienone is 1. The van der Waals surface area contributed by atoms with Crippen molar-refractivity contribution in [2.24, 2.45) is 0 Å². The molecule has 0 bridgehead atoms. The third kappa shape index (κ3) is 4.47. The zero-order valence-electron chi connectivity index (χ0n) is 14.5. The summed E-state index contributed by atoms with van der Waals surface area (Å²) in [4.78, 5) is 23.0. The predicted molar refractivity (Wildman–Crippen MR) is 92.5 cm³/mol. The van der Waals surface area contributed by atoms with Crippen molar-refractivity contribution in [1.82, 2.24) is 0 Å². The number of methoxy groups -OCH3 is 1. The first-order valence-corrected chi connectivity index (χ1v) is 7.81. The molecule has 5 heteroatoms. The van der Waals surface area contributed by atoms with Gasteiger partial charge < -0.3 is 13.9 Å². The second-order valence-electron chi connectivity index (χ2n) is 5.87. The molecule has 128 valence electrons. The van der Waals surface area contributed by atoms with Gasteiger partial charge in [0.05, 0.1) is 7.11 Å². The van der Waals surface area contributed by atoms with E-state index in [1.807, 2.05) is 32.9 Å². The van der Waals surface area contributed by atoms with Gasteiger partial charge in [0.25, 0.3) is 0 Å². The summed E-state index contributed by atoms with van der Waals surface area (Å²) in [6.45, 7) is 6.25. The Labute approximate surface area is 140 Å². The van der Waals surface area contributed by atoms with Crippen LogP contribution in [0.2, 0.25) is 0 Å². The zero-order chi connectivity index (χ0) is 17.7. The van der Waals surface area contributed by atoms with E-state index < -0.39 is 5.63 Å². The molecule has 0 saturated heterocycles. The second kappa shape index (κ2) is 7.81. The van der Waals surface area contributed by atoms with E-state index in [0.29, 0.717) is 24.4 Å². The van der Waals surface area contributed by atoms with E-state index in [4.69, 9.17) is 13.9 Å². The smallest absolute Gasteiger partial charge is 0.336 e. The third-order valence-corrected chi connectivity index (χ3v) is 3.69. The zero-order valence-corrected chi connectivity index (χ0v) is 14.5. The van der Waals surface area contributed by atoms with E-state index in [9.17, 15) is 9.59 Å². The lowest BCUT2D eigenvalue weighted by Crippen LogP contribution is -2.05. The molecule has 1 heterocycles. The molecule has 2 rings (SSSR count). The summed E-state index contributed by atoms with van der Waals surface area (Å²) in [7, 11) is 1.37. The van der Waals surface area contributed by atoms with E-state index in [2.05, 4.69) is 0 Å². The Kier molecular flexibility index (Phi) is 5.79. The quantitative estimate of drug-likeness (QED) is 0.460. The number of rotatable bonds is 6. The van der Waals surface area contributed by atoms with Gasteiger partial charge in [-0.2, -0.15) is 0 Å². The number of benzene rings is 1. The van der Waals surface area contributed by atoms with Crippen LogP contribution in [0.5, 0.6) is 5.75 Å². The molecule has 0 aliphatic heterocycles. The maximum Gasteiger partial charge on any atom is 0.336 e. The van der Waals surface area contributed by atoms with Crippen molar-refractivity contribution in [2.75, 3.05) is 13.7 Å². The summed E-state index contributed by atoms with van der Waals surface area (Å²) in [6, 6.07) is 5.08. The van der Waals surface area contributed by atoms with Gasteiger partial charge in [-0.05, 0) is 50.5 Å². The van der Waals surface area contributed by atoms with Gasteiger partial charge >= 0.3 is 11.6 Å². The summed E-state index contributed by atoms with van der Waals surface area (Å²) in [5, 5.41) is 0.837. The Morgan fingerprint density at radius 1 is 1.25 bits per heavy atom. The topological polar surface area (TPSA) is 65.7 Å². The fourth-order valence-corrected chi connectivity index (χ4v) is 2.36. The van der Waals surface area contributed by atoms with Crippen LogP contribution < -0.4 is 10.4 Å². The minimum Gasteiger partial charge on any atom is -0.489 e. The highest BCUT2D eigenvalue weighted by molar-refractivity contribution is 5.83. The lowest BCUT2D eigenvalue weighted by molar-refractivity contribution is -0.140. The number of aryl methyl sites for hydroxylation is 2. The fourth-order valence-electron chi connectivity index (χ4n) is 2.36. The molecular weight excluding hydrogens is 308 g/mol. The molecule has 0 spiro atoms. The molecule has 0 amide bonds. The van der Waals surface area contributed by atoms with Crippen molar-refractivity contribution in [3.8, 4) is 5.75 Å². The first-order valence-electron chi connectivity index (χ1n) is 7.81. The van der Waals surface area contributed by atoms with Crippen LogP contribution in [-0.2, 0) is 16.0 Å². The van der Waals surface area contributed by atoms with Gasteiger partial charge in [0.2, 0.25) is 0 Å². The van der Waals surface area contributed by atoms with Crippen LogP contribution in [0.15, 0.2) is 39.1 Å². The molecule has 0 aliphatic rings. The molecule has 24 heavy (non-hydrogen) atoms. The SMILES string of the molecule is COC(=O)CCc1cc2c(C)cc(=O)oc2cc1OCC=C(C)C. The Morgan fingerprint density at radius 2 is 2.00 bits per heavy atom. The van der Waals surface area contributed by atoms with Gasteiger partial charge in [-0.15, -0.1) is 0 Å². The fraction of sp³-hybridized carbons (Fsp3) is 0.368. The van der Waals surface area contributed by atoms with E-state index in [1.165, 1.54) is 13.2 Å². The van der Waals surface area contributed by atoms with E-state index >= 15 is 0 Å².